The second-order valence-corrected chi connectivity index (χ2v) is 4.10. The summed E-state index contributed by atoms with van der Waals surface area (Å²) in [6.07, 6.45) is 0.834. The maximum atomic E-state index is 11.6. The van der Waals surface area contributed by atoms with Crippen molar-refractivity contribution in [3.63, 3.8) is 0 Å². The van der Waals surface area contributed by atoms with Crippen molar-refractivity contribution < 1.29 is 24.0 Å². The predicted octanol–water partition coefficient (Wildman–Crippen LogP) is 1.89. The molecule has 1 N–H and O–H groups in total. The smallest absolute Gasteiger partial charge is 0.306 e. The first-order valence-corrected chi connectivity index (χ1v) is 6.25. The van der Waals surface area contributed by atoms with Crippen LogP contribution in [0.25, 0.3) is 0 Å². The SMILES string of the molecule is CCCC(=O)OCC(=O)Nc1ccc(OC)cc1[N+](=O)[O-]. The molecule has 21 heavy (non-hydrogen) atoms. The third-order valence-corrected chi connectivity index (χ3v) is 2.49. The third-order valence-electron chi connectivity index (χ3n) is 2.49. The number of benzene rings is 1. The monoisotopic (exact) mass is 296 g/mol. The minimum absolute atomic E-state index is 0.0114. The van der Waals surface area contributed by atoms with E-state index in [2.05, 4.69) is 5.32 Å². The minimum atomic E-state index is -0.646. The fourth-order valence-corrected chi connectivity index (χ4v) is 1.50. The Hall–Kier alpha value is -2.64. The van der Waals surface area contributed by atoms with Crippen LogP contribution in [0, 0.1) is 10.1 Å². The van der Waals surface area contributed by atoms with Gasteiger partial charge >= 0.3 is 5.97 Å². The van der Waals surface area contributed by atoms with Gasteiger partial charge in [-0.3, -0.25) is 19.7 Å². The molecule has 8 nitrogen and oxygen atoms in total. The Kier molecular flexibility index (Phi) is 6.12. The van der Waals surface area contributed by atoms with Crippen LogP contribution in [0.15, 0.2) is 18.2 Å². The Bertz CT molecular complexity index is 543. The lowest BCUT2D eigenvalue weighted by Gasteiger charge is -2.08. The number of nitro benzene ring substituents is 1. The van der Waals surface area contributed by atoms with Crippen LogP contribution in [0.2, 0.25) is 0 Å². The molecule has 0 radical (unpaired) electrons. The van der Waals surface area contributed by atoms with Crippen molar-refractivity contribution in [1.82, 2.24) is 0 Å². The largest absolute Gasteiger partial charge is 0.496 e. The number of carbonyl (C=O) groups excluding carboxylic acids is 2. The first-order valence-electron chi connectivity index (χ1n) is 6.25. The maximum Gasteiger partial charge on any atom is 0.306 e. The summed E-state index contributed by atoms with van der Waals surface area (Å²) in [5.74, 6) is -0.835. The minimum Gasteiger partial charge on any atom is -0.496 e. The number of ether oxygens (including phenoxy) is 2. The van der Waals surface area contributed by atoms with E-state index in [1.807, 2.05) is 6.92 Å². The van der Waals surface area contributed by atoms with Crippen LogP contribution in [0.4, 0.5) is 11.4 Å². The Morgan fingerprint density at radius 1 is 1.38 bits per heavy atom. The Labute approximate surface area is 121 Å². The van der Waals surface area contributed by atoms with Gasteiger partial charge in [0.2, 0.25) is 0 Å². The van der Waals surface area contributed by atoms with E-state index >= 15 is 0 Å². The van der Waals surface area contributed by atoms with E-state index < -0.39 is 23.4 Å². The summed E-state index contributed by atoms with van der Waals surface area (Å²) in [6.45, 7) is 1.32. The molecule has 1 aromatic carbocycles. The molecule has 0 unspecified atom stereocenters. The van der Waals surface area contributed by atoms with Gasteiger partial charge in [-0.05, 0) is 18.6 Å². The van der Waals surface area contributed by atoms with Gasteiger partial charge in [-0.1, -0.05) is 6.92 Å². The molecule has 1 rings (SSSR count). The van der Waals surface area contributed by atoms with Crippen LogP contribution < -0.4 is 10.1 Å². The van der Waals surface area contributed by atoms with Gasteiger partial charge in [0, 0.05) is 6.42 Å². The fourth-order valence-electron chi connectivity index (χ4n) is 1.50. The molecule has 1 amide bonds. The summed E-state index contributed by atoms with van der Waals surface area (Å²) in [6, 6.07) is 4.02. The van der Waals surface area contributed by atoms with Crippen LogP contribution in [0.1, 0.15) is 19.8 Å². The van der Waals surface area contributed by atoms with Gasteiger partial charge in [-0.15, -0.1) is 0 Å². The highest BCUT2D eigenvalue weighted by Gasteiger charge is 2.17. The fraction of sp³-hybridized carbons (Fsp3) is 0.385. The van der Waals surface area contributed by atoms with Crippen molar-refractivity contribution in [2.75, 3.05) is 19.0 Å². The summed E-state index contributed by atoms with van der Waals surface area (Å²) < 4.78 is 9.60. The first-order chi connectivity index (χ1) is 9.97. The van der Waals surface area contributed by atoms with Crippen molar-refractivity contribution in [3.8, 4) is 5.75 Å². The maximum absolute atomic E-state index is 11.6. The predicted molar refractivity (Wildman–Crippen MR) is 74.1 cm³/mol. The molecule has 114 valence electrons. The number of hydrogen-bond acceptors (Lipinski definition) is 6. The highest BCUT2D eigenvalue weighted by Crippen LogP contribution is 2.28. The average Bonchev–Trinajstić information content (AvgIpc) is 2.45. The average molecular weight is 296 g/mol. The number of nitrogens with one attached hydrogen (secondary N) is 1. The molecule has 0 saturated carbocycles. The number of hydrogen-bond donors (Lipinski definition) is 1. The molecule has 0 fully saturated rings. The van der Waals surface area contributed by atoms with Gasteiger partial charge in [0.15, 0.2) is 6.61 Å². The molecule has 8 heteroatoms. The zero-order valence-corrected chi connectivity index (χ0v) is 11.8. The lowest BCUT2D eigenvalue weighted by Crippen LogP contribution is -2.21. The number of methoxy groups -OCH3 is 1. The van der Waals surface area contributed by atoms with E-state index in [4.69, 9.17) is 9.47 Å². The first kappa shape index (κ1) is 16.4. The molecular formula is C13H16N2O6. The summed E-state index contributed by atoms with van der Waals surface area (Å²) in [5.41, 5.74) is -0.292. The van der Waals surface area contributed by atoms with Crippen molar-refractivity contribution in [3.05, 3.63) is 28.3 Å². The molecular weight excluding hydrogens is 280 g/mol. The zero-order chi connectivity index (χ0) is 15.8. The highest BCUT2D eigenvalue weighted by molar-refractivity contribution is 5.95. The van der Waals surface area contributed by atoms with Crippen molar-refractivity contribution in [2.45, 2.75) is 19.8 Å². The van der Waals surface area contributed by atoms with Crippen LogP contribution in [0.3, 0.4) is 0 Å². The molecule has 0 aliphatic heterocycles. The number of nitrogens with zero attached hydrogens (tertiary/aromatic N) is 1. The van der Waals surface area contributed by atoms with E-state index in [-0.39, 0.29) is 17.8 Å². The van der Waals surface area contributed by atoms with Crippen LogP contribution in [0.5, 0.6) is 5.75 Å². The van der Waals surface area contributed by atoms with Crippen LogP contribution >= 0.6 is 0 Å². The topological polar surface area (TPSA) is 108 Å². The molecule has 0 heterocycles. The summed E-state index contributed by atoms with van der Waals surface area (Å²) in [4.78, 5) is 33.0. The lowest BCUT2D eigenvalue weighted by molar-refractivity contribution is -0.384. The molecule has 0 bridgehead atoms. The van der Waals surface area contributed by atoms with Gasteiger partial charge in [-0.2, -0.15) is 0 Å². The normalized spacial score (nSPS) is 9.81. The van der Waals surface area contributed by atoms with E-state index in [9.17, 15) is 19.7 Å². The van der Waals surface area contributed by atoms with E-state index in [0.29, 0.717) is 12.2 Å². The Morgan fingerprint density at radius 2 is 2.10 bits per heavy atom. The Balaban J connectivity index is 2.71. The zero-order valence-electron chi connectivity index (χ0n) is 11.8. The van der Waals surface area contributed by atoms with Crippen molar-refractivity contribution in [2.24, 2.45) is 0 Å². The molecule has 0 spiro atoms. The number of esters is 1. The summed E-state index contributed by atoms with van der Waals surface area (Å²) in [5, 5.41) is 13.3. The van der Waals surface area contributed by atoms with Gasteiger partial charge in [0.1, 0.15) is 11.4 Å². The van der Waals surface area contributed by atoms with Gasteiger partial charge in [0.05, 0.1) is 18.1 Å². The van der Waals surface area contributed by atoms with E-state index in [1.165, 1.54) is 25.3 Å². The standard InChI is InChI=1S/C13H16N2O6/c1-3-4-13(17)21-8-12(16)14-10-6-5-9(20-2)7-11(10)15(18)19/h5-7H,3-4,8H2,1-2H3,(H,14,16). The number of anilines is 1. The Morgan fingerprint density at radius 3 is 2.67 bits per heavy atom. The van der Waals surface area contributed by atoms with Crippen molar-refractivity contribution in [1.29, 1.82) is 0 Å². The quantitative estimate of drug-likeness (QED) is 0.467. The van der Waals surface area contributed by atoms with Gasteiger partial charge < -0.3 is 14.8 Å². The van der Waals surface area contributed by atoms with Gasteiger partial charge in [-0.25, -0.2) is 0 Å². The van der Waals surface area contributed by atoms with E-state index in [1.54, 1.807) is 0 Å². The van der Waals surface area contributed by atoms with E-state index in [0.717, 1.165) is 0 Å². The highest BCUT2D eigenvalue weighted by atomic mass is 16.6. The summed E-state index contributed by atoms with van der Waals surface area (Å²) in [7, 11) is 1.38. The van der Waals surface area contributed by atoms with Gasteiger partial charge in [0.25, 0.3) is 11.6 Å². The molecule has 0 saturated heterocycles. The number of rotatable bonds is 7. The number of nitro groups is 1. The van der Waals surface area contributed by atoms with Crippen LogP contribution in [-0.4, -0.2) is 30.5 Å². The second kappa shape index (κ2) is 7.83. The molecule has 0 aromatic heterocycles. The van der Waals surface area contributed by atoms with Crippen molar-refractivity contribution >= 4 is 23.3 Å². The second-order valence-electron chi connectivity index (χ2n) is 4.10. The summed E-state index contributed by atoms with van der Waals surface area (Å²) >= 11 is 0. The molecule has 0 aliphatic carbocycles. The molecule has 0 aliphatic rings. The number of amides is 1. The van der Waals surface area contributed by atoms with Crippen LogP contribution in [-0.2, 0) is 14.3 Å². The third kappa shape index (κ3) is 5.09. The molecule has 1 aromatic rings. The number of carbonyl (C=O) groups is 2. The lowest BCUT2D eigenvalue weighted by atomic mass is 10.2. The molecule has 0 atom stereocenters.